The van der Waals surface area contributed by atoms with E-state index in [1.807, 2.05) is 0 Å². The fraction of sp³-hybridized carbons (Fsp3) is 0.351. The molecule has 0 N–H and O–H groups in total. The number of benzene rings is 4. The highest BCUT2D eigenvalue weighted by molar-refractivity contribution is 7.84. The Balaban J connectivity index is 1.57. The second-order valence-electron chi connectivity index (χ2n) is 11.7. The van der Waals surface area contributed by atoms with E-state index in [-0.39, 0.29) is 0 Å². The number of hydrogen-bond donors (Lipinski definition) is 0. The van der Waals surface area contributed by atoms with Gasteiger partial charge < -0.3 is 0 Å². The maximum Gasteiger partial charge on any atom is 0.0325 e. The van der Waals surface area contributed by atoms with E-state index in [1.165, 1.54) is 72.6 Å². The van der Waals surface area contributed by atoms with E-state index < -0.39 is 16.1 Å². The Morgan fingerprint density at radius 2 is 0.800 bits per heavy atom. The predicted octanol–water partition coefficient (Wildman–Crippen LogP) is 8.77. The molecule has 2 fully saturated rings. The van der Waals surface area contributed by atoms with Gasteiger partial charge in [-0.1, -0.05) is 160 Å². The zero-order valence-electron chi connectivity index (χ0n) is 23.9. The minimum Gasteiger partial charge on any atom is -0.241 e. The van der Waals surface area contributed by atoms with E-state index in [0.717, 1.165) is 17.8 Å². The Morgan fingerprint density at radius 1 is 0.450 bits per heavy atom. The molecule has 0 spiro atoms. The van der Waals surface area contributed by atoms with E-state index in [0.29, 0.717) is 6.04 Å². The average Bonchev–Trinajstić information content (AvgIpc) is 3.03. The lowest BCUT2D eigenvalue weighted by molar-refractivity contribution is 0.0986. The summed E-state index contributed by atoms with van der Waals surface area (Å²) in [6.45, 7) is 2.56. The first-order chi connectivity index (χ1) is 19.8. The first kappa shape index (κ1) is 27.8. The van der Waals surface area contributed by atoms with Gasteiger partial charge in [-0.25, -0.2) is 4.44 Å². The lowest BCUT2D eigenvalue weighted by Gasteiger charge is -2.51. The summed E-state index contributed by atoms with van der Waals surface area (Å²) in [6, 6.07) is 46.5. The van der Waals surface area contributed by atoms with Crippen molar-refractivity contribution in [2.75, 3.05) is 0 Å². The minimum atomic E-state index is -0.724. The summed E-state index contributed by atoms with van der Waals surface area (Å²) in [7, 11) is -1.45. The van der Waals surface area contributed by atoms with Crippen LogP contribution in [0.2, 0.25) is 0 Å². The fourth-order valence-corrected chi connectivity index (χ4v) is 13.8. The molecule has 0 aliphatic heterocycles. The van der Waals surface area contributed by atoms with Gasteiger partial charge in [0, 0.05) is 22.2 Å². The van der Waals surface area contributed by atoms with Crippen molar-refractivity contribution in [3.63, 3.8) is 0 Å². The Morgan fingerprint density at radius 3 is 1.20 bits per heavy atom. The van der Waals surface area contributed by atoms with Crippen LogP contribution in [-0.2, 0) is 0 Å². The molecule has 2 unspecified atom stereocenters. The van der Waals surface area contributed by atoms with Crippen molar-refractivity contribution in [1.82, 2.24) is 4.44 Å². The minimum absolute atomic E-state index is 0.581. The summed E-state index contributed by atoms with van der Waals surface area (Å²) in [4.78, 5) is 0. The van der Waals surface area contributed by atoms with Crippen molar-refractivity contribution in [2.45, 2.75) is 64.3 Å². The van der Waals surface area contributed by atoms with Crippen LogP contribution in [0.5, 0.6) is 0 Å². The van der Waals surface area contributed by atoms with E-state index in [9.17, 15) is 0 Å². The second-order valence-corrected chi connectivity index (χ2v) is 16.2. The SMILES string of the molecule is CC1CCCCC1[C@H]1CCCC[C@@H]1N(P(c1ccccc1)c1ccccc1)P(c1ccccc1)c1ccccc1. The molecule has 1 nitrogen and oxygen atoms in total. The van der Waals surface area contributed by atoms with Gasteiger partial charge in [0.2, 0.25) is 0 Å². The standard InChI is InChI=1S/C37H43NP2/c1-30-18-14-15-27-35(30)36-28-16-17-29-37(36)38(39(31-19-6-2-7-20-31)32-21-8-3-9-22-32)40(33-23-10-4-11-24-33)34-25-12-5-13-26-34/h2-13,19-26,30,35-37H,14-18,27-29H2,1H3/t30?,35?,36-,37+/m1/s1. The van der Waals surface area contributed by atoms with E-state index >= 15 is 0 Å². The van der Waals surface area contributed by atoms with E-state index in [1.54, 1.807) is 0 Å². The molecule has 4 aromatic carbocycles. The molecule has 2 aliphatic rings. The van der Waals surface area contributed by atoms with Crippen LogP contribution in [0.15, 0.2) is 121 Å². The zero-order chi connectivity index (χ0) is 27.1. The Labute approximate surface area is 244 Å². The van der Waals surface area contributed by atoms with Crippen LogP contribution in [-0.4, -0.2) is 10.5 Å². The molecule has 6 rings (SSSR count). The van der Waals surface area contributed by atoms with Crippen LogP contribution in [0.4, 0.5) is 0 Å². The van der Waals surface area contributed by atoms with Gasteiger partial charge in [0.05, 0.1) is 0 Å². The van der Waals surface area contributed by atoms with Crippen molar-refractivity contribution >= 4 is 37.4 Å². The van der Waals surface area contributed by atoms with Crippen molar-refractivity contribution in [3.8, 4) is 0 Å². The second kappa shape index (κ2) is 13.6. The van der Waals surface area contributed by atoms with Gasteiger partial charge in [-0.15, -0.1) is 0 Å². The van der Waals surface area contributed by atoms with Crippen LogP contribution < -0.4 is 21.2 Å². The summed E-state index contributed by atoms with van der Waals surface area (Å²) in [5.74, 6) is 2.44. The Kier molecular flexibility index (Phi) is 9.45. The van der Waals surface area contributed by atoms with Crippen molar-refractivity contribution in [3.05, 3.63) is 121 Å². The molecule has 0 amide bonds. The lowest BCUT2D eigenvalue weighted by atomic mass is 9.67. The van der Waals surface area contributed by atoms with Crippen LogP contribution in [0.3, 0.4) is 0 Å². The van der Waals surface area contributed by atoms with Crippen LogP contribution in [0.1, 0.15) is 58.3 Å². The predicted molar refractivity (Wildman–Crippen MR) is 177 cm³/mol. The summed E-state index contributed by atoms with van der Waals surface area (Å²) in [5.41, 5.74) is 0. The summed E-state index contributed by atoms with van der Waals surface area (Å²) >= 11 is 0. The zero-order valence-corrected chi connectivity index (χ0v) is 25.6. The summed E-state index contributed by atoms with van der Waals surface area (Å²) < 4.78 is 3.12. The maximum atomic E-state index is 3.12. The molecule has 2 saturated carbocycles. The number of hydrogen-bond acceptors (Lipinski definition) is 1. The quantitative estimate of drug-likeness (QED) is 0.194. The monoisotopic (exact) mass is 563 g/mol. The van der Waals surface area contributed by atoms with Crippen molar-refractivity contribution < 1.29 is 0 Å². The molecule has 4 atom stereocenters. The highest BCUT2D eigenvalue weighted by Crippen LogP contribution is 2.60. The molecule has 0 saturated heterocycles. The van der Waals surface area contributed by atoms with E-state index in [4.69, 9.17) is 0 Å². The van der Waals surface area contributed by atoms with Crippen molar-refractivity contribution in [2.24, 2.45) is 17.8 Å². The third kappa shape index (κ3) is 6.14. The largest absolute Gasteiger partial charge is 0.241 e. The third-order valence-corrected chi connectivity index (χ3v) is 14.9. The molecule has 0 aromatic heterocycles. The van der Waals surface area contributed by atoms with E-state index in [2.05, 4.69) is 133 Å². The van der Waals surface area contributed by atoms with Gasteiger partial charge in [-0.05, 0) is 58.2 Å². The van der Waals surface area contributed by atoms with Gasteiger partial charge in [-0.3, -0.25) is 0 Å². The van der Waals surface area contributed by atoms with Gasteiger partial charge in [0.1, 0.15) is 0 Å². The molecule has 0 radical (unpaired) electrons. The molecule has 0 bridgehead atoms. The van der Waals surface area contributed by atoms with Crippen molar-refractivity contribution in [1.29, 1.82) is 0 Å². The third-order valence-electron chi connectivity index (χ3n) is 9.22. The first-order valence-corrected chi connectivity index (χ1v) is 18.0. The molecule has 2 aliphatic carbocycles. The highest BCUT2D eigenvalue weighted by Gasteiger charge is 2.44. The summed E-state index contributed by atoms with van der Waals surface area (Å²) in [5, 5.41) is 5.90. The van der Waals surface area contributed by atoms with Gasteiger partial charge in [-0.2, -0.15) is 0 Å². The topological polar surface area (TPSA) is 3.24 Å². The van der Waals surface area contributed by atoms with Gasteiger partial charge in [0.15, 0.2) is 0 Å². The highest BCUT2D eigenvalue weighted by atomic mass is 31.2. The molecule has 40 heavy (non-hydrogen) atoms. The number of rotatable bonds is 8. The van der Waals surface area contributed by atoms with Gasteiger partial charge >= 0.3 is 0 Å². The first-order valence-electron chi connectivity index (χ1n) is 15.4. The number of nitrogens with zero attached hydrogens (tertiary/aromatic N) is 1. The Bertz CT molecular complexity index is 1140. The molecule has 4 aromatic rings. The van der Waals surface area contributed by atoms with Gasteiger partial charge in [0.25, 0.3) is 0 Å². The van der Waals surface area contributed by atoms with Crippen LogP contribution >= 0.6 is 16.1 Å². The molecule has 3 heteroatoms. The molecular weight excluding hydrogens is 520 g/mol. The summed E-state index contributed by atoms with van der Waals surface area (Å²) in [6.07, 6.45) is 11.1. The average molecular weight is 564 g/mol. The van der Waals surface area contributed by atoms with Crippen LogP contribution in [0, 0.1) is 17.8 Å². The lowest BCUT2D eigenvalue weighted by Crippen LogP contribution is -2.47. The fourth-order valence-electron chi connectivity index (χ4n) is 7.34. The molecule has 206 valence electrons. The smallest absolute Gasteiger partial charge is 0.0325 e. The molecule has 0 heterocycles. The Hall–Kier alpha value is -2.30. The maximum absolute atomic E-state index is 3.12. The van der Waals surface area contributed by atoms with Crippen LogP contribution in [0.25, 0.3) is 0 Å². The molecular formula is C37H43NP2. The normalized spacial score (nSPS) is 23.5.